The van der Waals surface area contributed by atoms with Crippen molar-refractivity contribution in [3.8, 4) is 5.88 Å². The lowest BCUT2D eigenvalue weighted by atomic mass is 10.3. The van der Waals surface area contributed by atoms with Crippen LogP contribution in [-0.2, 0) is 0 Å². The van der Waals surface area contributed by atoms with Gasteiger partial charge in [-0.05, 0) is 20.8 Å². The molecule has 82 valence electrons. The standard InChI is InChI=1S/C11H17N3O/c1-5-15-11-9(4)10(13-7-14-11)12-6-8(2)3/h7H,2,5-6H2,1,3-4H3,(H,12,13,14). The zero-order chi connectivity index (χ0) is 11.3. The molecule has 0 fully saturated rings. The van der Waals surface area contributed by atoms with Gasteiger partial charge < -0.3 is 10.1 Å². The van der Waals surface area contributed by atoms with Crippen molar-refractivity contribution in [1.29, 1.82) is 0 Å². The Hall–Kier alpha value is -1.58. The van der Waals surface area contributed by atoms with Crippen LogP contribution in [-0.4, -0.2) is 23.1 Å². The van der Waals surface area contributed by atoms with Crippen molar-refractivity contribution in [2.45, 2.75) is 20.8 Å². The first-order valence-corrected chi connectivity index (χ1v) is 4.97. The number of rotatable bonds is 5. The van der Waals surface area contributed by atoms with Gasteiger partial charge in [0.2, 0.25) is 5.88 Å². The first-order chi connectivity index (χ1) is 7.15. The molecule has 0 aliphatic heterocycles. The molecule has 1 aromatic heterocycles. The van der Waals surface area contributed by atoms with E-state index in [0.717, 1.165) is 17.0 Å². The van der Waals surface area contributed by atoms with E-state index in [1.165, 1.54) is 6.33 Å². The van der Waals surface area contributed by atoms with Gasteiger partial charge in [-0.1, -0.05) is 12.2 Å². The lowest BCUT2D eigenvalue weighted by molar-refractivity contribution is 0.324. The largest absolute Gasteiger partial charge is 0.478 e. The van der Waals surface area contributed by atoms with Crippen LogP contribution in [0, 0.1) is 6.92 Å². The highest BCUT2D eigenvalue weighted by Gasteiger charge is 2.06. The van der Waals surface area contributed by atoms with E-state index in [1.807, 2.05) is 20.8 Å². The van der Waals surface area contributed by atoms with Gasteiger partial charge in [-0.25, -0.2) is 9.97 Å². The van der Waals surface area contributed by atoms with E-state index in [0.29, 0.717) is 19.0 Å². The molecule has 1 N–H and O–H groups in total. The molecule has 0 radical (unpaired) electrons. The molecule has 0 aliphatic rings. The molecule has 15 heavy (non-hydrogen) atoms. The van der Waals surface area contributed by atoms with Crippen LogP contribution in [0.5, 0.6) is 5.88 Å². The Labute approximate surface area is 90.4 Å². The zero-order valence-corrected chi connectivity index (χ0v) is 9.50. The molecule has 0 bridgehead atoms. The van der Waals surface area contributed by atoms with E-state index in [9.17, 15) is 0 Å². The number of ether oxygens (including phenoxy) is 1. The number of anilines is 1. The summed E-state index contributed by atoms with van der Waals surface area (Å²) < 4.78 is 5.37. The summed E-state index contributed by atoms with van der Waals surface area (Å²) in [5, 5.41) is 3.18. The van der Waals surface area contributed by atoms with Gasteiger partial charge in [-0.2, -0.15) is 0 Å². The molecule has 1 aromatic rings. The first kappa shape index (κ1) is 11.5. The molecule has 0 aromatic carbocycles. The molecule has 0 spiro atoms. The Morgan fingerprint density at radius 2 is 2.27 bits per heavy atom. The van der Waals surface area contributed by atoms with Crippen molar-refractivity contribution in [3.05, 3.63) is 24.0 Å². The highest BCUT2D eigenvalue weighted by atomic mass is 16.5. The summed E-state index contributed by atoms with van der Waals surface area (Å²) in [6.45, 7) is 11.0. The summed E-state index contributed by atoms with van der Waals surface area (Å²) in [6, 6.07) is 0. The molecule has 1 rings (SSSR count). The Kier molecular flexibility index (Phi) is 4.09. The van der Waals surface area contributed by atoms with Gasteiger partial charge in [0.25, 0.3) is 0 Å². The second kappa shape index (κ2) is 5.34. The zero-order valence-electron chi connectivity index (χ0n) is 9.50. The third kappa shape index (κ3) is 3.23. The predicted molar refractivity (Wildman–Crippen MR) is 61.2 cm³/mol. The monoisotopic (exact) mass is 207 g/mol. The van der Waals surface area contributed by atoms with Gasteiger partial charge in [0.15, 0.2) is 0 Å². The van der Waals surface area contributed by atoms with E-state index in [2.05, 4.69) is 21.9 Å². The van der Waals surface area contributed by atoms with Crippen LogP contribution in [0.2, 0.25) is 0 Å². The maximum atomic E-state index is 5.37. The topological polar surface area (TPSA) is 47.0 Å². The van der Waals surface area contributed by atoms with Crippen LogP contribution in [0.1, 0.15) is 19.4 Å². The van der Waals surface area contributed by atoms with Crippen LogP contribution in [0.3, 0.4) is 0 Å². The van der Waals surface area contributed by atoms with Crippen LogP contribution in [0.25, 0.3) is 0 Å². The van der Waals surface area contributed by atoms with Crippen molar-refractivity contribution in [2.24, 2.45) is 0 Å². The minimum Gasteiger partial charge on any atom is -0.478 e. The summed E-state index contributed by atoms with van der Waals surface area (Å²) in [5.41, 5.74) is 1.99. The van der Waals surface area contributed by atoms with Gasteiger partial charge in [0.05, 0.1) is 12.2 Å². The Bertz CT molecular complexity index is 350. The van der Waals surface area contributed by atoms with E-state index in [1.54, 1.807) is 0 Å². The third-order valence-corrected chi connectivity index (χ3v) is 1.88. The van der Waals surface area contributed by atoms with Crippen LogP contribution in [0.15, 0.2) is 18.5 Å². The van der Waals surface area contributed by atoms with E-state index < -0.39 is 0 Å². The molecule has 0 aliphatic carbocycles. The molecule has 0 unspecified atom stereocenters. The molecule has 4 heteroatoms. The highest BCUT2D eigenvalue weighted by molar-refractivity contribution is 5.48. The van der Waals surface area contributed by atoms with Crippen LogP contribution >= 0.6 is 0 Å². The summed E-state index contributed by atoms with van der Waals surface area (Å²) in [4.78, 5) is 8.21. The smallest absolute Gasteiger partial charge is 0.221 e. The van der Waals surface area contributed by atoms with Crippen LogP contribution in [0.4, 0.5) is 5.82 Å². The summed E-state index contributed by atoms with van der Waals surface area (Å²) in [5.74, 6) is 1.44. The van der Waals surface area contributed by atoms with Gasteiger partial charge >= 0.3 is 0 Å². The highest BCUT2D eigenvalue weighted by Crippen LogP contribution is 2.20. The summed E-state index contributed by atoms with van der Waals surface area (Å²) in [6.07, 6.45) is 1.50. The number of nitrogens with one attached hydrogen (secondary N) is 1. The van der Waals surface area contributed by atoms with Crippen molar-refractivity contribution in [2.75, 3.05) is 18.5 Å². The van der Waals surface area contributed by atoms with Gasteiger partial charge in [0, 0.05) is 6.54 Å². The van der Waals surface area contributed by atoms with Crippen LogP contribution < -0.4 is 10.1 Å². The number of nitrogens with zero attached hydrogens (tertiary/aromatic N) is 2. The van der Waals surface area contributed by atoms with Crippen molar-refractivity contribution >= 4 is 5.82 Å². The number of aromatic nitrogens is 2. The van der Waals surface area contributed by atoms with E-state index in [-0.39, 0.29) is 0 Å². The second-order valence-corrected chi connectivity index (χ2v) is 3.40. The fourth-order valence-corrected chi connectivity index (χ4v) is 1.13. The molecule has 1 heterocycles. The molecular formula is C11H17N3O. The van der Waals surface area contributed by atoms with E-state index >= 15 is 0 Å². The fraction of sp³-hybridized carbons (Fsp3) is 0.455. The average Bonchev–Trinajstić information content (AvgIpc) is 2.19. The lowest BCUT2D eigenvalue weighted by Gasteiger charge is -2.10. The first-order valence-electron chi connectivity index (χ1n) is 4.97. The average molecular weight is 207 g/mol. The molecule has 0 saturated heterocycles. The van der Waals surface area contributed by atoms with Gasteiger partial charge in [0.1, 0.15) is 12.1 Å². The molecule has 0 saturated carbocycles. The number of hydrogen-bond acceptors (Lipinski definition) is 4. The van der Waals surface area contributed by atoms with Crippen molar-refractivity contribution in [1.82, 2.24) is 9.97 Å². The Morgan fingerprint density at radius 3 is 2.87 bits per heavy atom. The normalized spacial score (nSPS) is 9.80. The Morgan fingerprint density at radius 1 is 1.53 bits per heavy atom. The summed E-state index contributed by atoms with van der Waals surface area (Å²) in [7, 11) is 0. The summed E-state index contributed by atoms with van der Waals surface area (Å²) >= 11 is 0. The molecule has 4 nitrogen and oxygen atoms in total. The maximum Gasteiger partial charge on any atom is 0.221 e. The van der Waals surface area contributed by atoms with E-state index in [4.69, 9.17) is 4.74 Å². The molecular weight excluding hydrogens is 190 g/mol. The quantitative estimate of drug-likeness (QED) is 0.752. The lowest BCUT2D eigenvalue weighted by Crippen LogP contribution is -2.07. The molecule has 0 amide bonds. The second-order valence-electron chi connectivity index (χ2n) is 3.40. The SMILES string of the molecule is C=C(C)CNc1ncnc(OCC)c1C. The minimum absolute atomic E-state index is 0.609. The minimum atomic E-state index is 0.609. The van der Waals surface area contributed by atoms with Gasteiger partial charge in [-0.3, -0.25) is 0 Å². The maximum absolute atomic E-state index is 5.37. The Balaban J connectivity index is 2.79. The predicted octanol–water partition coefficient (Wildman–Crippen LogP) is 2.17. The third-order valence-electron chi connectivity index (χ3n) is 1.88. The van der Waals surface area contributed by atoms with Gasteiger partial charge in [-0.15, -0.1) is 0 Å². The fourth-order valence-electron chi connectivity index (χ4n) is 1.13. The number of hydrogen-bond donors (Lipinski definition) is 1. The van der Waals surface area contributed by atoms with Crippen molar-refractivity contribution in [3.63, 3.8) is 0 Å². The van der Waals surface area contributed by atoms with Crippen molar-refractivity contribution < 1.29 is 4.74 Å². The molecule has 0 atom stereocenters.